The maximum Gasteiger partial charge on any atom is 0.326 e. The van der Waals surface area contributed by atoms with Crippen LogP contribution in [0.25, 0.3) is 10.9 Å². The number of H-pyrrole nitrogens is 1. The monoisotopic (exact) mass is 677 g/mol. The van der Waals surface area contributed by atoms with Gasteiger partial charge in [0.15, 0.2) is 0 Å². The van der Waals surface area contributed by atoms with Crippen LogP contribution < -0.4 is 21.7 Å². The summed E-state index contributed by atoms with van der Waals surface area (Å²) in [4.78, 5) is 56.5. The van der Waals surface area contributed by atoms with E-state index in [9.17, 15) is 34.5 Å². The zero-order chi connectivity index (χ0) is 35.6. The number of para-hydroxylation sites is 1. The zero-order valence-electron chi connectivity index (χ0n) is 27.1. The van der Waals surface area contributed by atoms with Crippen molar-refractivity contribution in [2.75, 3.05) is 0 Å². The Morgan fingerprint density at radius 2 is 1.06 bits per heavy atom. The van der Waals surface area contributed by atoms with Crippen LogP contribution in [0, 0.1) is 0 Å². The Hall–Kier alpha value is -6.14. The normalized spacial score (nSPS) is 13.5. The molecular formula is C38H39N5O7. The minimum atomic E-state index is -1.33. The Morgan fingerprint density at radius 1 is 0.580 bits per heavy atom. The first-order valence-electron chi connectivity index (χ1n) is 16.1. The summed E-state index contributed by atoms with van der Waals surface area (Å²) >= 11 is 0. The molecule has 0 radical (unpaired) electrons. The highest BCUT2D eigenvalue weighted by atomic mass is 16.4. The number of hydrogen-bond donors (Lipinski definition) is 8. The maximum atomic E-state index is 14.0. The van der Waals surface area contributed by atoms with E-state index in [0.29, 0.717) is 16.7 Å². The number of aromatic amines is 1. The Morgan fingerprint density at radius 3 is 1.62 bits per heavy atom. The first kappa shape index (κ1) is 35.2. The number of nitrogens with two attached hydrogens (primary N) is 1. The Kier molecular flexibility index (Phi) is 11.5. The number of nitrogens with one attached hydrogen (secondary N) is 4. The second-order valence-corrected chi connectivity index (χ2v) is 12.1. The van der Waals surface area contributed by atoms with Crippen molar-refractivity contribution in [1.82, 2.24) is 20.9 Å². The molecule has 1 aromatic heterocycles. The quantitative estimate of drug-likeness (QED) is 0.0825. The van der Waals surface area contributed by atoms with Gasteiger partial charge in [-0.2, -0.15) is 0 Å². The molecule has 0 saturated heterocycles. The van der Waals surface area contributed by atoms with Gasteiger partial charge in [0.1, 0.15) is 29.6 Å². The Bertz CT molecular complexity index is 1930. The summed E-state index contributed by atoms with van der Waals surface area (Å²) in [6.45, 7) is 0. The number of hydrogen-bond acceptors (Lipinski definition) is 7. The van der Waals surface area contributed by atoms with Crippen LogP contribution in [0.5, 0.6) is 11.5 Å². The van der Waals surface area contributed by atoms with Crippen LogP contribution in [-0.2, 0) is 44.9 Å². The van der Waals surface area contributed by atoms with Crippen molar-refractivity contribution in [2.24, 2.45) is 5.73 Å². The summed E-state index contributed by atoms with van der Waals surface area (Å²) in [5.41, 5.74) is 9.77. The van der Waals surface area contributed by atoms with Crippen LogP contribution in [0.3, 0.4) is 0 Å². The molecule has 0 aliphatic rings. The SMILES string of the molecule is NC(Cc1ccccc1)C(=O)NC(Cc1ccc(O)cc1)C(=O)NC(Cc1ccc(O)cc1)C(=O)NC(Cc1c[nH]c2ccccc12)C(=O)O. The molecule has 4 aromatic carbocycles. The summed E-state index contributed by atoms with van der Waals surface area (Å²) in [6.07, 6.45) is 1.84. The van der Waals surface area contributed by atoms with Crippen LogP contribution in [0.2, 0.25) is 0 Å². The molecule has 12 nitrogen and oxygen atoms in total. The molecule has 50 heavy (non-hydrogen) atoms. The van der Waals surface area contributed by atoms with Gasteiger partial charge in [-0.1, -0.05) is 72.8 Å². The molecule has 0 spiro atoms. The van der Waals surface area contributed by atoms with E-state index in [-0.39, 0.29) is 37.2 Å². The molecule has 5 rings (SSSR count). The van der Waals surface area contributed by atoms with Gasteiger partial charge in [-0.3, -0.25) is 14.4 Å². The van der Waals surface area contributed by atoms with Crippen molar-refractivity contribution in [1.29, 1.82) is 0 Å². The number of carbonyl (C=O) groups excluding carboxylic acids is 3. The molecule has 0 aliphatic carbocycles. The molecule has 0 fully saturated rings. The lowest BCUT2D eigenvalue weighted by Gasteiger charge is -2.25. The molecule has 9 N–H and O–H groups in total. The third-order valence-electron chi connectivity index (χ3n) is 8.37. The van der Waals surface area contributed by atoms with Crippen LogP contribution in [0.15, 0.2) is 109 Å². The number of aromatic nitrogens is 1. The van der Waals surface area contributed by atoms with Crippen molar-refractivity contribution in [3.63, 3.8) is 0 Å². The van der Waals surface area contributed by atoms with Gasteiger partial charge in [-0.15, -0.1) is 0 Å². The molecule has 258 valence electrons. The number of carboxylic acid groups (broad SMARTS) is 1. The summed E-state index contributed by atoms with van der Waals surface area (Å²) in [6, 6.07) is 24.0. The molecule has 4 atom stereocenters. The van der Waals surface area contributed by atoms with Gasteiger partial charge in [0.2, 0.25) is 17.7 Å². The first-order chi connectivity index (χ1) is 24.0. The topological polar surface area (TPSA) is 207 Å². The number of phenolic OH excluding ortho intramolecular Hbond substituents is 2. The molecule has 12 heteroatoms. The standard InChI is InChI=1S/C38H39N5O7/c39-30(18-23-6-2-1-3-7-23)35(46)41-32(19-24-10-14-27(44)15-11-24)36(47)42-33(20-25-12-16-28(45)17-13-25)37(48)43-34(38(49)50)21-26-22-40-31-9-5-4-8-29(26)31/h1-17,22,30,32-34,40,44-45H,18-21,39H2,(H,41,46)(H,42,47)(H,43,48)(H,49,50). The van der Waals surface area contributed by atoms with Gasteiger partial charge in [0.05, 0.1) is 6.04 Å². The predicted octanol–water partition coefficient (Wildman–Crippen LogP) is 2.72. The van der Waals surface area contributed by atoms with Gasteiger partial charge >= 0.3 is 5.97 Å². The van der Waals surface area contributed by atoms with E-state index in [1.807, 2.05) is 54.6 Å². The maximum absolute atomic E-state index is 14.0. The zero-order valence-corrected chi connectivity index (χ0v) is 27.1. The van der Waals surface area contributed by atoms with E-state index < -0.39 is 47.9 Å². The molecule has 0 bridgehead atoms. The number of fused-ring (bicyclic) bond motifs is 1. The minimum Gasteiger partial charge on any atom is -0.508 e. The lowest BCUT2D eigenvalue weighted by molar-refractivity contribution is -0.142. The van der Waals surface area contributed by atoms with Crippen LogP contribution in [0.1, 0.15) is 22.3 Å². The van der Waals surface area contributed by atoms with Crippen molar-refractivity contribution < 1.29 is 34.5 Å². The Labute approximate surface area is 288 Å². The second-order valence-electron chi connectivity index (χ2n) is 12.1. The lowest BCUT2D eigenvalue weighted by Crippen LogP contribution is -2.58. The highest BCUT2D eigenvalue weighted by Gasteiger charge is 2.31. The number of rotatable bonds is 15. The summed E-state index contributed by atoms with van der Waals surface area (Å²) in [7, 11) is 0. The number of benzene rings is 4. The number of aliphatic carboxylic acids is 1. The fourth-order valence-corrected chi connectivity index (χ4v) is 5.66. The minimum absolute atomic E-state index is 0.00176. The highest BCUT2D eigenvalue weighted by Crippen LogP contribution is 2.20. The van der Waals surface area contributed by atoms with Gasteiger partial charge in [0, 0.05) is 36.4 Å². The van der Waals surface area contributed by atoms with E-state index >= 15 is 0 Å². The third kappa shape index (κ3) is 9.48. The van der Waals surface area contributed by atoms with Crippen LogP contribution >= 0.6 is 0 Å². The molecule has 5 aromatic rings. The number of aromatic hydroxyl groups is 2. The smallest absolute Gasteiger partial charge is 0.326 e. The van der Waals surface area contributed by atoms with E-state index in [4.69, 9.17) is 5.73 Å². The summed E-state index contributed by atoms with van der Waals surface area (Å²) < 4.78 is 0. The average molecular weight is 678 g/mol. The summed E-state index contributed by atoms with van der Waals surface area (Å²) in [5, 5.41) is 38.5. The first-order valence-corrected chi connectivity index (χ1v) is 16.1. The van der Waals surface area contributed by atoms with Crippen molar-refractivity contribution in [3.05, 3.63) is 132 Å². The number of phenols is 2. The third-order valence-corrected chi connectivity index (χ3v) is 8.37. The average Bonchev–Trinajstić information content (AvgIpc) is 3.52. The van der Waals surface area contributed by atoms with Gasteiger partial charge < -0.3 is 42.0 Å². The summed E-state index contributed by atoms with van der Waals surface area (Å²) in [5.74, 6) is -3.28. The van der Waals surface area contributed by atoms with Crippen molar-refractivity contribution >= 4 is 34.6 Å². The number of amides is 3. The highest BCUT2D eigenvalue weighted by molar-refractivity contribution is 5.94. The predicted molar refractivity (Wildman–Crippen MR) is 187 cm³/mol. The Balaban J connectivity index is 1.37. The fourth-order valence-electron chi connectivity index (χ4n) is 5.66. The van der Waals surface area contributed by atoms with Gasteiger partial charge in [0.25, 0.3) is 0 Å². The van der Waals surface area contributed by atoms with E-state index in [2.05, 4.69) is 20.9 Å². The van der Waals surface area contributed by atoms with Gasteiger partial charge in [-0.05, 0) is 59.0 Å². The largest absolute Gasteiger partial charge is 0.508 e. The van der Waals surface area contributed by atoms with Crippen molar-refractivity contribution in [2.45, 2.75) is 49.9 Å². The fraction of sp³-hybridized carbons (Fsp3) is 0.211. The molecule has 0 saturated carbocycles. The van der Waals surface area contributed by atoms with Gasteiger partial charge in [-0.25, -0.2) is 4.79 Å². The number of carbonyl (C=O) groups is 4. The second kappa shape index (κ2) is 16.3. The molecule has 0 aliphatic heterocycles. The van der Waals surface area contributed by atoms with E-state index in [1.54, 1.807) is 30.5 Å². The van der Waals surface area contributed by atoms with E-state index in [1.165, 1.54) is 24.3 Å². The molecule has 4 unspecified atom stereocenters. The van der Waals surface area contributed by atoms with Crippen LogP contribution in [-0.4, -0.2) is 68.2 Å². The van der Waals surface area contributed by atoms with E-state index in [0.717, 1.165) is 16.5 Å². The molecule has 3 amide bonds. The number of carboxylic acids is 1. The lowest BCUT2D eigenvalue weighted by atomic mass is 10.0. The van der Waals surface area contributed by atoms with Crippen molar-refractivity contribution in [3.8, 4) is 11.5 Å². The molecule has 1 heterocycles. The molecular weight excluding hydrogens is 638 g/mol. The van der Waals surface area contributed by atoms with Crippen LogP contribution in [0.4, 0.5) is 0 Å².